The summed E-state index contributed by atoms with van der Waals surface area (Å²) in [4.78, 5) is 7.12. The molecule has 0 bridgehead atoms. The van der Waals surface area contributed by atoms with Gasteiger partial charge in [0, 0.05) is 41.0 Å². The van der Waals surface area contributed by atoms with Gasteiger partial charge in [-0.25, -0.2) is 4.98 Å². The van der Waals surface area contributed by atoms with Gasteiger partial charge in [-0.2, -0.15) is 0 Å². The molecule has 2 aromatic heterocycles. The second kappa shape index (κ2) is 6.96. The lowest BCUT2D eigenvalue weighted by Crippen LogP contribution is -2.37. The Bertz CT molecular complexity index is 864. The Morgan fingerprint density at radius 3 is 2.92 bits per heavy atom. The van der Waals surface area contributed by atoms with Crippen LogP contribution in [0.5, 0.6) is 0 Å². The van der Waals surface area contributed by atoms with Crippen LogP contribution in [0.4, 0.5) is 0 Å². The minimum Gasteiger partial charge on any atom is -0.371 e. The molecule has 0 N–H and O–H groups in total. The van der Waals surface area contributed by atoms with Crippen LogP contribution in [0.2, 0.25) is 0 Å². The number of rotatable bonds is 3. The Labute approximate surface area is 157 Å². The molecule has 0 spiro atoms. The summed E-state index contributed by atoms with van der Waals surface area (Å²) in [6.07, 6.45) is 4.25. The molecule has 1 atom stereocenters. The molecule has 1 aromatic carbocycles. The normalized spacial score (nSPS) is 19.0. The molecule has 24 heavy (non-hydrogen) atoms. The Balaban J connectivity index is 1.49. The maximum atomic E-state index is 5.97. The van der Waals surface area contributed by atoms with E-state index in [4.69, 9.17) is 9.72 Å². The van der Waals surface area contributed by atoms with Crippen molar-refractivity contribution in [2.75, 3.05) is 19.7 Å². The van der Waals surface area contributed by atoms with Gasteiger partial charge in [0.15, 0.2) is 0 Å². The Hall–Kier alpha value is -1.21. The molecular formula is C18H17Br2N3O. The monoisotopic (exact) mass is 449 g/mol. The van der Waals surface area contributed by atoms with E-state index in [-0.39, 0.29) is 6.10 Å². The van der Waals surface area contributed by atoms with E-state index >= 15 is 0 Å². The summed E-state index contributed by atoms with van der Waals surface area (Å²) in [6.45, 7) is 3.40. The number of ether oxygens (including phenoxy) is 1. The average molecular weight is 451 g/mol. The lowest BCUT2D eigenvalue weighted by atomic mass is 10.1. The molecule has 4 nitrogen and oxygen atoms in total. The van der Waals surface area contributed by atoms with Gasteiger partial charge in [-0.3, -0.25) is 4.90 Å². The number of hydrogen-bond acceptors (Lipinski definition) is 3. The van der Waals surface area contributed by atoms with Crippen LogP contribution in [-0.2, 0) is 11.3 Å². The van der Waals surface area contributed by atoms with Gasteiger partial charge in [0.2, 0.25) is 0 Å². The van der Waals surface area contributed by atoms with Gasteiger partial charge in [-0.15, -0.1) is 0 Å². The predicted molar refractivity (Wildman–Crippen MR) is 101 cm³/mol. The van der Waals surface area contributed by atoms with Crippen LogP contribution in [0.25, 0.3) is 5.65 Å². The number of hydrogen-bond donors (Lipinski definition) is 0. The zero-order valence-electron chi connectivity index (χ0n) is 13.0. The first-order valence-corrected chi connectivity index (χ1v) is 9.48. The summed E-state index contributed by atoms with van der Waals surface area (Å²) in [7, 11) is 0. The van der Waals surface area contributed by atoms with E-state index in [0.29, 0.717) is 0 Å². The molecular weight excluding hydrogens is 434 g/mol. The number of imidazole rings is 1. The van der Waals surface area contributed by atoms with Crippen molar-refractivity contribution in [1.29, 1.82) is 0 Å². The molecule has 1 unspecified atom stereocenters. The van der Waals surface area contributed by atoms with E-state index < -0.39 is 0 Å². The van der Waals surface area contributed by atoms with Gasteiger partial charge in [0.05, 0.1) is 18.4 Å². The first-order chi connectivity index (χ1) is 11.7. The quantitative estimate of drug-likeness (QED) is 0.591. The summed E-state index contributed by atoms with van der Waals surface area (Å²) in [5.74, 6) is 0. The SMILES string of the molecule is Brc1cccc(C2CN(Cc3cn4cc(Br)ccc4n3)CCO2)c1. The molecule has 0 amide bonds. The Morgan fingerprint density at radius 1 is 1.12 bits per heavy atom. The van der Waals surface area contributed by atoms with E-state index in [2.05, 4.69) is 65.6 Å². The number of nitrogens with zero attached hydrogens (tertiary/aromatic N) is 3. The standard InChI is InChI=1S/C18H17Br2N3O/c19-14-3-1-2-13(8-14)17-12-22(6-7-24-17)10-16-11-23-9-15(20)4-5-18(23)21-16/h1-5,8-9,11,17H,6-7,10,12H2. The highest BCUT2D eigenvalue weighted by Crippen LogP contribution is 2.25. The number of benzene rings is 1. The van der Waals surface area contributed by atoms with Crippen LogP contribution < -0.4 is 0 Å². The second-order valence-corrected chi connectivity index (χ2v) is 7.83. The molecule has 4 rings (SSSR count). The number of morpholine rings is 1. The number of aromatic nitrogens is 2. The largest absolute Gasteiger partial charge is 0.371 e. The van der Waals surface area contributed by atoms with Crippen molar-refractivity contribution < 1.29 is 4.74 Å². The minimum absolute atomic E-state index is 0.113. The van der Waals surface area contributed by atoms with E-state index in [0.717, 1.165) is 46.5 Å². The van der Waals surface area contributed by atoms with Gasteiger partial charge in [0.25, 0.3) is 0 Å². The third-order valence-corrected chi connectivity index (χ3v) is 5.18. The van der Waals surface area contributed by atoms with Crippen molar-refractivity contribution in [3.05, 3.63) is 69.0 Å². The van der Waals surface area contributed by atoms with Gasteiger partial charge in [-0.1, -0.05) is 28.1 Å². The highest BCUT2D eigenvalue weighted by atomic mass is 79.9. The first kappa shape index (κ1) is 16.3. The molecule has 3 aromatic rings. The van der Waals surface area contributed by atoms with E-state index in [1.54, 1.807) is 0 Å². The van der Waals surface area contributed by atoms with E-state index in [1.807, 2.05) is 24.4 Å². The van der Waals surface area contributed by atoms with Crippen molar-refractivity contribution in [3.63, 3.8) is 0 Å². The molecule has 1 saturated heterocycles. The van der Waals surface area contributed by atoms with Crippen molar-refractivity contribution >= 4 is 37.5 Å². The maximum absolute atomic E-state index is 5.97. The smallest absolute Gasteiger partial charge is 0.137 e. The van der Waals surface area contributed by atoms with Crippen molar-refractivity contribution in [3.8, 4) is 0 Å². The molecule has 0 radical (unpaired) electrons. The van der Waals surface area contributed by atoms with Gasteiger partial charge < -0.3 is 9.14 Å². The van der Waals surface area contributed by atoms with Gasteiger partial charge >= 0.3 is 0 Å². The predicted octanol–water partition coefficient (Wildman–Crippen LogP) is 4.43. The molecule has 6 heteroatoms. The van der Waals surface area contributed by atoms with Crippen LogP contribution in [0.3, 0.4) is 0 Å². The fraction of sp³-hybridized carbons (Fsp3) is 0.278. The lowest BCUT2D eigenvalue weighted by Gasteiger charge is -2.32. The first-order valence-electron chi connectivity index (χ1n) is 7.90. The summed E-state index contributed by atoms with van der Waals surface area (Å²) in [5.41, 5.74) is 3.28. The fourth-order valence-electron chi connectivity index (χ4n) is 3.08. The van der Waals surface area contributed by atoms with Crippen molar-refractivity contribution in [1.82, 2.24) is 14.3 Å². The zero-order chi connectivity index (χ0) is 16.5. The highest BCUT2D eigenvalue weighted by Gasteiger charge is 2.22. The molecule has 0 aliphatic carbocycles. The second-order valence-electron chi connectivity index (χ2n) is 5.99. The van der Waals surface area contributed by atoms with Crippen LogP contribution >= 0.6 is 31.9 Å². The fourth-order valence-corrected chi connectivity index (χ4v) is 3.85. The van der Waals surface area contributed by atoms with Crippen LogP contribution in [0.1, 0.15) is 17.4 Å². The lowest BCUT2D eigenvalue weighted by molar-refractivity contribution is -0.0332. The molecule has 1 fully saturated rings. The van der Waals surface area contributed by atoms with Crippen molar-refractivity contribution in [2.24, 2.45) is 0 Å². The Kier molecular flexibility index (Phi) is 4.72. The summed E-state index contributed by atoms with van der Waals surface area (Å²) < 4.78 is 10.2. The summed E-state index contributed by atoms with van der Waals surface area (Å²) >= 11 is 7.04. The van der Waals surface area contributed by atoms with E-state index in [1.165, 1.54) is 5.56 Å². The van der Waals surface area contributed by atoms with Crippen molar-refractivity contribution in [2.45, 2.75) is 12.6 Å². The maximum Gasteiger partial charge on any atom is 0.137 e. The molecule has 1 aliphatic rings. The third-order valence-electron chi connectivity index (χ3n) is 4.22. The van der Waals surface area contributed by atoms with Gasteiger partial charge in [-0.05, 0) is 45.8 Å². The van der Waals surface area contributed by atoms with Gasteiger partial charge in [0.1, 0.15) is 5.65 Å². The molecule has 124 valence electrons. The third kappa shape index (κ3) is 3.57. The zero-order valence-corrected chi connectivity index (χ0v) is 16.2. The van der Waals surface area contributed by atoms with Crippen LogP contribution in [0, 0.1) is 0 Å². The topological polar surface area (TPSA) is 29.8 Å². The minimum atomic E-state index is 0.113. The summed E-state index contributed by atoms with van der Waals surface area (Å²) in [6, 6.07) is 12.4. The number of halogens is 2. The average Bonchev–Trinajstić information content (AvgIpc) is 2.96. The van der Waals surface area contributed by atoms with Crippen LogP contribution in [0.15, 0.2) is 57.7 Å². The van der Waals surface area contributed by atoms with E-state index in [9.17, 15) is 0 Å². The number of fused-ring (bicyclic) bond motifs is 1. The Morgan fingerprint density at radius 2 is 2.04 bits per heavy atom. The van der Waals surface area contributed by atoms with Crippen LogP contribution in [-0.4, -0.2) is 34.0 Å². The number of pyridine rings is 1. The summed E-state index contributed by atoms with van der Waals surface area (Å²) in [5, 5.41) is 0. The molecule has 0 saturated carbocycles. The molecule has 1 aliphatic heterocycles. The molecule has 3 heterocycles. The highest BCUT2D eigenvalue weighted by molar-refractivity contribution is 9.10.